The highest BCUT2D eigenvalue weighted by Crippen LogP contribution is 2.16. The minimum atomic E-state index is -0.366. The fourth-order valence-electron chi connectivity index (χ4n) is 2.17. The normalized spacial score (nSPS) is 10.6. The Balaban J connectivity index is 1.52. The molecule has 0 fully saturated rings. The van der Waals surface area contributed by atoms with Crippen LogP contribution >= 0.6 is 34.4 Å². The number of thiophene rings is 1. The third-order valence-corrected chi connectivity index (χ3v) is 5.99. The van der Waals surface area contributed by atoms with Gasteiger partial charge in [0.25, 0.3) is 5.56 Å². The van der Waals surface area contributed by atoms with Crippen LogP contribution in [-0.4, -0.2) is 32.5 Å². The number of nitrogens with one attached hydrogen (secondary N) is 3. The molecule has 0 unspecified atom stereocenters. The van der Waals surface area contributed by atoms with Crippen molar-refractivity contribution in [3.8, 4) is 0 Å². The third kappa shape index (κ3) is 6.29. The highest BCUT2D eigenvalue weighted by atomic mass is 32.2. The Bertz CT molecular complexity index is 1010. The fraction of sp³-hybridized carbons (Fsp3) is 0.235. The molecular weight excluding hydrogens is 418 g/mol. The number of anilines is 1. The van der Waals surface area contributed by atoms with E-state index in [1.165, 1.54) is 17.4 Å². The Morgan fingerprint density at radius 3 is 2.82 bits per heavy atom. The lowest BCUT2D eigenvalue weighted by Crippen LogP contribution is -2.25. The zero-order valence-electron chi connectivity index (χ0n) is 14.9. The van der Waals surface area contributed by atoms with E-state index in [1.54, 1.807) is 11.3 Å². The summed E-state index contributed by atoms with van der Waals surface area (Å²) in [5.41, 5.74) is 0.824. The number of nitrogens with zero attached hydrogens (tertiary/aromatic N) is 2. The van der Waals surface area contributed by atoms with Crippen LogP contribution in [0.4, 0.5) is 5.13 Å². The molecule has 3 aromatic heterocycles. The van der Waals surface area contributed by atoms with Gasteiger partial charge in [-0.15, -0.1) is 22.7 Å². The monoisotopic (exact) mass is 435 g/mol. The molecule has 11 heteroatoms. The molecule has 2 amide bonds. The molecular formula is C17H17N5O3S3. The van der Waals surface area contributed by atoms with Crippen molar-refractivity contribution in [2.45, 2.75) is 25.0 Å². The number of carbonyl (C=O) groups excluding carboxylic acids is 2. The molecule has 0 aliphatic rings. The van der Waals surface area contributed by atoms with Crippen molar-refractivity contribution in [3.05, 3.63) is 55.6 Å². The molecule has 0 atom stereocenters. The Morgan fingerprint density at radius 1 is 1.25 bits per heavy atom. The maximum atomic E-state index is 12.1. The van der Waals surface area contributed by atoms with Crippen molar-refractivity contribution >= 4 is 51.4 Å². The maximum Gasteiger partial charge on any atom is 0.251 e. The van der Waals surface area contributed by atoms with E-state index in [0.29, 0.717) is 22.5 Å². The summed E-state index contributed by atoms with van der Waals surface area (Å²) in [5, 5.41) is 10.1. The summed E-state index contributed by atoms with van der Waals surface area (Å²) in [7, 11) is 0. The van der Waals surface area contributed by atoms with Crippen molar-refractivity contribution < 1.29 is 9.59 Å². The van der Waals surface area contributed by atoms with Crippen molar-refractivity contribution in [3.63, 3.8) is 0 Å². The molecule has 0 radical (unpaired) electrons. The van der Waals surface area contributed by atoms with E-state index in [0.717, 1.165) is 22.3 Å². The number of amides is 2. The van der Waals surface area contributed by atoms with E-state index >= 15 is 0 Å². The minimum Gasteiger partial charge on any atom is -0.351 e. The van der Waals surface area contributed by atoms with Gasteiger partial charge in [-0.3, -0.25) is 14.4 Å². The summed E-state index contributed by atoms with van der Waals surface area (Å²) in [5.74, 6) is -0.407. The Morgan fingerprint density at radius 2 is 2.11 bits per heavy atom. The minimum absolute atomic E-state index is 0.00650. The van der Waals surface area contributed by atoms with Gasteiger partial charge < -0.3 is 15.6 Å². The number of H-pyrrole nitrogens is 1. The van der Waals surface area contributed by atoms with Crippen LogP contribution in [0.2, 0.25) is 0 Å². The standard InChI is InChI=1S/C17H17N5O3S3/c1-10-8-27-16(19-10)22-15(25)9-28-17-20-11(6-14(24)21-17)5-13(23)18-7-12-3-2-4-26-12/h2-4,6,8H,5,7,9H2,1H3,(H,18,23)(H,19,22,25)(H,20,21,24). The highest BCUT2D eigenvalue weighted by Gasteiger charge is 2.11. The Labute approximate surface area is 172 Å². The first-order chi connectivity index (χ1) is 13.5. The van der Waals surface area contributed by atoms with Gasteiger partial charge in [0.15, 0.2) is 10.3 Å². The largest absolute Gasteiger partial charge is 0.351 e. The third-order valence-electron chi connectivity index (χ3n) is 3.36. The van der Waals surface area contributed by atoms with Crippen LogP contribution in [0.1, 0.15) is 16.3 Å². The molecule has 0 bridgehead atoms. The number of thioether (sulfide) groups is 1. The molecule has 3 heterocycles. The van der Waals surface area contributed by atoms with E-state index < -0.39 is 0 Å². The van der Waals surface area contributed by atoms with Gasteiger partial charge in [-0.1, -0.05) is 17.8 Å². The molecule has 3 N–H and O–H groups in total. The molecule has 0 aromatic carbocycles. The molecule has 8 nitrogen and oxygen atoms in total. The first-order valence-electron chi connectivity index (χ1n) is 8.22. The molecule has 0 spiro atoms. The van der Waals surface area contributed by atoms with Crippen molar-refractivity contribution in [2.75, 3.05) is 11.1 Å². The van der Waals surface area contributed by atoms with Gasteiger partial charge in [0.05, 0.1) is 30.1 Å². The molecule has 3 rings (SSSR count). The lowest BCUT2D eigenvalue weighted by atomic mass is 10.3. The SMILES string of the molecule is Cc1csc(NC(=O)CSc2nc(CC(=O)NCc3cccs3)cc(=O)[nH]2)n1. The lowest BCUT2D eigenvalue weighted by molar-refractivity contribution is -0.120. The Hall–Kier alpha value is -2.50. The van der Waals surface area contributed by atoms with Crippen LogP contribution < -0.4 is 16.2 Å². The summed E-state index contributed by atoms with van der Waals surface area (Å²) in [4.78, 5) is 47.9. The van der Waals surface area contributed by atoms with E-state index in [2.05, 4.69) is 25.6 Å². The summed E-state index contributed by atoms with van der Waals surface area (Å²) in [6.07, 6.45) is -0.00650. The molecule has 0 saturated heterocycles. The predicted octanol–water partition coefficient (Wildman–Crippen LogP) is 2.19. The van der Waals surface area contributed by atoms with E-state index in [-0.39, 0.29) is 29.5 Å². The number of aryl methyl sites for hydroxylation is 1. The zero-order chi connectivity index (χ0) is 19.9. The van der Waals surface area contributed by atoms with Gasteiger partial charge in [-0.05, 0) is 18.4 Å². The molecule has 146 valence electrons. The van der Waals surface area contributed by atoms with Crippen LogP contribution in [0.25, 0.3) is 0 Å². The van der Waals surface area contributed by atoms with Crippen LogP contribution in [-0.2, 0) is 22.6 Å². The number of carbonyl (C=O) groups is 2. The number of hydrogen-bond acceptors (Lipinski definition) is 8. The fourth-order valence-corrected chi connectivity index (χ4v) is 4.21. The Kier molecular flexibility index (Phi) is 6.95. The molecule has 28 heavy (non-hydrogen) atoms. The van der Waals surface area contributed by atoms with E-state index in [4.69, 9.17) is 0 Å². The molecule has 3 aromatic rings. The summed E-state index contributed by atoms with van der Waals surface area (Å²) >= 11 is 3.99. The lowest BCUT2D eigenvalue weighted by Gasteiger charge is -2.05. The summed E-state index contributed by atoms with van der Waals surface area (Å²) < 4.78 is 0. The number of thiazole rings is 1. The summed E-state index contributed by atoms with van der Waals surface area (Å²) in [6, 6.07) is 5.14. The number of rotatable bonds is 8. The van der Waals surface area contributed by atoms with Crippen LogP contribution in [0, 0.1) is 6.92 Å². The zero-order valence-corrected chi connectivity index (χ0v) is 17.3. The van der Waals surface area contributed by atoms with E-state index in [1.807, 2.05) is 29.8 Å². The molecule has 0 saturated carbocycles. The topological polar surface area (TPSA) is 117 Å². The van der Waals surface area contributed by atoms with Crippen LogP contribution in [0.3, 0.4) is 0 Å². The number of hydrogen-bond donors (Lipinski definition) is 3. The van der Waals surface area contributed by atoms with Crippen molar-refractivity contribution in [2.24, 2.45) is 0 Å². The quantitative estimate of drug-likeness (QED) is 0.369. The first-order valence-corrected chi connectivity index (χ1v) is 11.0. The predicted molar refractivity (Wildman–Crippen MR) is 111 cm³/mol. The van der Waals surface area contributed by atoms with E-state index in [9.17, 15) is 14.4 Å². The maximum absolute atomic E-state index is 12.1. The average Bonchev–Trinajstić information content (AvgIpc) is 3.29. The second-order valence-corrected chi connectivity index (χ2v) is 8.56. The smallest absolute Gasteiger partial charge is 0.251 e. The van der Waals surface area contributed by atoms with Gasteiger partial charge >= 0.3 is 0 Å². The van der Waals surface area contributed by atoms with Crippen LogP contribution in [0.5, 0.6) is 0 Å². The van der Waals surface area contributed by atoms with Gasteiger partial charge in [0, 0.05) is 16.3 Å². The highest BCUT2D eigenvalue weighted by molar-refractivity contribution is 7.99. The molecule has 0 aliphatic carbocycles. The second kappa shape index (κ2) is 9.62. The first kappa shape index (κ1) is 20.2. The van der Waals surface area contributed by atoms with Gasteiger partial charge in [-0.25, -0.2) is 9.97 Å². The average molecular weight is 436 g/mol. The van der Waals surface area contributed by atoms with Crippen molar-refractivity contribution in [1.82, 2.24) is 20.3 Å². The number of aromatic amines is 1. The van der Waals surface area contributed by atoms with Gasteiger partial charge in [0.1, 0.15) is 0 Å². The van der Waals surface area contributed by atoms with Gasteiger partial charge in [-0.2, -0.15) is 0 Å². The second-order valence-electron chi connectivity index (χ2n) is 5.71. The van der Waals surface area contributed by atoms with Crippen molar-refractivity contribution in [1.29, 1.82) is 0 Å². The van der Waals surface area contributed by atoms with Gasteiger partial charge in [0.2, 0.25) is 11.8 Å². The number of aromatic nitrogens is 3. The molecule has 0 aliphatic heterocycles. The van der Waals surface area contributed by atoms with Crippen LogP contribution in [0.15, 0.2) is 38.9 Å². The summed E-state index contributed by atoms with van der Waals surface area (Å²) in [6.45, 7) is 2.29.